The highest BCUT2D eigenvalue weighted by Crippen LogP contribution is 2.38. The SMILES string of the molecule is Cc1cccc(C(N)c2cc3c(cc2Br)OCCCO3)c1. The molecule has 0 fully saturated rings. The molecule has 0 spiro atoms. The summed E-state index contributed by atoms with van der Waals surface area (Å²) in [6.07, 6.45) is 0.894. The van der Waals surface area contributed by atoms with Crippen molar-refractivity contribution in [2.45, 2.75) is 19.4 Å². The van der Waals surface area contributed by atoms with Crippen molar-refractivity contribution in [1.82, 2.24) is 0 Å². The van der Waals surface area contributed by atoms with Gasteiger partial charge in [0.05, 0.1) is 19.3 Å². The summed E-state index contributed by atoms with van der Waals surface area (Å²) in [5.41, 5.74) is 9.73. The molecule has 0 bridgehead atoms. The number of fused-ring (bicyclic) bond motifs is 1. The number of hydrogen-bond donors (Lipinski definition) is 1. The topological polar surface area (TPSA) is 44.5 Å². The van der Waals surface area contributed by atoms with Gasteiger partial charge in [0, 0.05) is 10.9 Å². The third-order valence-corrected chi connectivity index (χ3v) is 4.29. The quantitative estimate of drug-likeness (QED) is 0.893. The van der Waals surface area contributed by atoms with Gasteiger partial charge in [-0.2, -0.15) is 0 Å². The second-order valence-corrected chi connectivity index (χ2v) is 6.12. The van der Waals surface area contributed by atoms with Gasteiger partial charge < -0.3 is 15.2 Å². The first-order valence-corrected chi connectivity index (χ1v) is 7.85. The molecule has 110 valence electrons. The van der Waals surface area contributed by atoms with E-state index in [1.807, 2.05) is 24.3 Å². The molecule has 0 amide bonds. The Morgan fingerprint density at radius 1 is 1.10 bits per heavy atom. The number of benzene rings is 2. The Bertz CT molecular complexity index is 657. The van der Waals surface area contributed by atoms with Crippen molar-refractivity contribution in [2.75, 3.05) is 13.2 Å². The van der Waals surface area contributed by atoms with Gasteiger partial charge in [0.25, 0.3) is 0 Å². The molecule has 0 saturated heterocycles. The van der Waals surface area contributed by atoms with Gasteiger partial charge in [-0.05, 0) is 30.2 Å². The van der Waals surface area contributed by atoms with E-state index in [4.69, 9.17) is 15.2 Å². The van der Waals surface area contributed by atoms with Gasteiger partial charge in [-0.25, -0.2) is 0 Å². The second kappa shape index (κ2) is 6.08. The van der Waals surface area contributed by atoms with Crippen molar-refractivity contribution in [3.05, 3.63) is 57.6 Å². The summed E-state index contributed by atoms with van der Waals surface area (Å²) in [4.78, 5) is 0. The van der Waals surface area contributed by atoms with E-state index in [1.165, 1.54) is 5.56 Å². The maximum Gasteiger partial charge on any atom is 0.162 e. The summed E-state index contributed by atoms with van der Waals surface area (Å²) < 4.78 is 12.4. The molecular formula is C17H18BrNO2. The monoisotopic (exact) mass is 347 g/mol. The van der Waals surface area contributed by atoms with Gasteiger partial charge in [0.1, 0.15) is 0 Å². The minimum atomic E-state index is -0.198. The summed E-state index contributed by atoms with van der Waals surface area (Å²) in [6, 6.07) is 12.0. The minimum absolute atomic E-state index is 0.198. The highest BCUT2D eigenvalue weighted by molar-refractivity contribution is 9.10. The average molecular weight is 348 g/mol. The van der Waals surface area contributed by atoms with Crippen LogP contribution in [0.25, 0.3) is 0 Å². The summed E-state index contributed by atoms with van der Waals surface area (Å²) in [5.74, 6) is 1.55. The van der Waals surface area contributed by atoms with Gasteiger partial charge in [-0.15, -0.1) is 0 Å². The van der Waals surface area contributed by atoms with Crippen LogP contribution >= 0.6 is 15.9 Å². The fourth-order valence-corrected chi connectivity index (χ4v) is 3.05. The third kappa shape index (κ3) is 3.06. The highest BCUT2D eigenvalue weighted by Gasteiger charge is 2.18. The highest BCUT2D eigenvalue weighted by atomic mass is 79.9. The van der Waals surface area contributed by atoms with Crippen LogP contribution < -0.4 is 15.2 Å². The zero-order chi connectivity index (χ0) is 14.8. The van der Waals surface area contributed by atoms with Gasteiger partial charge in [-0.1, -0.05) is 45.8 Å². The summed E-state index contributed by atoms with van der Waals surface area (Å²) in [6.45, 7) is 3.43. The molecule has 2 aromatic rings. The first-order valence-electron chi connectivity index (χ1n) is 7.06. The van der Waals surface area contributed by atoms with E-state index >= 15 is 0 Å². The maximum absolute atomic E-state index is 6.43. The molecule has 1 unspecified atom stereocenters. The van der Waals surface area contributed by atoms with Crippen LogP contribution in [0.3, 0.4) is 0 Å². The van der Waals surface area contributed by atoms with E-state index in [9.17, 15) is 0 Å². The molecule has 21 heavy (non-hydrogen) atoms. The predicted molar refractivity (Wildman–Crippen MR) is 87.0 cm³/mol. The first kappa shape index (κ1) is 14.4. The van der Waals surface area contributed by atoms with Crippen LogP contribution in [-0.4, -0.2) is 13.2 Å². The van der Waals surface area contributed by atoms with E-state index < -0.39 is 0 Å². The maximum atomic E-state index is 6.43. The smallest absolute Gasteiger partial charge is 0.162 e. The molecule has 1 aliphatic rings. The normalized spacial score (nSPS) is 15.4. The Labute approximate surface area is 133 Å². The summed E-state index contributed by atoms with van der Waals surface area (Å²) in [7, 11) is 0. The molecule has 0 saturated carbocycles. The number of aryl methyl sites for hydroxylation is 1. The Balaban J connectivity index is 2.00. The minimum Gasteiger partial charge on any atom is -0.490 e. The Morgan fingerprint density at radius 2 is 1.81 bits per heavy atom. The van der Waals surface area contributed by atoms with Crippen molar-refractivity contribution >= 4 is 15.9 Å². The fraction of sp³-hybridized carbons (Fsp3) is 0.294. The van der Waals surface area contributed by atoms with Crippen molar-refractivity contribution < 1.29 is 9.47 Å². The van der Waals surface area contributed by atoms with E-state index in [1.54, 1.807) is 0 Å². The number of halogens is 1. The Kier molecular flexibility index (Phi) is 4.17. The molecule has 0 aromatic heterocycles. The number of rotatable bonds is 2. The molecule has 4 heteroatoms. The molecule has 3 nitrogen and oxygen atoms in total. The van der Waals surface area contributed by atoms with Crippen LogP contribution in [0, 0.1) is 6.92 Å². The molecule has 1 heterocycles. The zero-order valence-electron chi connectivity index (χ0n) is 11.9. The van der Waals surface area contributed by atoms with Crippen LogP contribution in [0.2, 0.25) is 0 Å². The standard InChI is InChI=1S/C17H18BrNO2/c1-11-4-2-5-12(8-11)17(19)13-9-15-16(10-14(13)18)21-7-3-6-20-15/h2,4-5,8-10,17H,3,6-7,19H2,1H3. The third-order valence-electron chi connectivity index (χ3n) is 3.60. The summed E-state index contributed by atoms with van der Waals surface area (Å²) >= 11 is 3.60. The van der Waals surface area contributed by atoms with Crippen molar-refractivity contribution in [3.63, 3.8) is 0 Å². The first-order chi connectivity index (χ1) is 10.1. The molecule has 1 aliphatic heterocycles. The molecule has 2 N–H and O–H groups in total. The molecule has 3 rings (SSSR count). The molecule has 2 aromatic carbocycles. The van der Waals surface area contributed by atoms with Crippen LogP contribution in [-0.2, 0) is 0 Å². The van der Waals surface area contributed by atoms with E-state index in [-0.39, 0.29) is 6.04 Å². The van der Waals surface area contributed by atoms with Gasteiger partial charge in [-0.3, -0.25) is 0 Å². The van der Waals surface area contributed by atoms with Crippen molar-refractivity contribution in [2.24, 2.45) is 5.73 Å². The lowest BCUT2D eigenvalue weighted by Gasteiger charge is -2.17. The fourth-order valence-electron chi connectivity index (χ4n) is 2.48. The van der Waals surface area contributed by atoms with E-state index in [2.05, 4.69) is 35.0 Å². The zero-order valence-corrected chi connectivity index (χ0v) is 13.5. The predicted octanol–water partition coefficient (Wildman–Crippen LogP) is 3.97. The van der Waals surface area contributed by atoms with Crippen LogP contribution in [0.4, 0.5) is 0 Å². The largest absolute Gasteiger partial charge is 0.490 e. The number of ether oxygens (including phenoxy) is 2. The van der Waals surface area contributed by atoms with Crippen molar-refractivity contribution in [3.8, 4) is 11.5 Å². The van der Waals surface area contributed by atoms with Crippen LogP contribution in [0.1, 0.15) is 29.2 Å². The van der Waals surface area contributed by atoms with Crippen molar-refractivity contribution in [1.29, 1.82) is 0 Å². The molecule has 0 aliphatic carbocycles. The van der Waals surface area contributed by atoms with E-state index in [0.29, 0.717) is 13.2 Å². The lowest BCUT2D eigenvalue weighted by molar-refractivity contribution is 0.297. The van der Waals surface area contributed by atoms with Gasteiger partial charge >= 0.3 is 0 Å². The lowest BCUT2D eigenvalue weighted by Crippen LogP contribution is -2.13. The molecular weight excluding hydrogens is 330 g/mol. The number of hydrogen-bond acceptors (Lipinski definition) is 3. The molecule has 1 atom stereocenters. The summed E-state index contributed by atoms with van der Waals surface area (Å²) in [5, 5.41) is 0. The Hall–Kier alpha value is -1.52. The number of nitrogens with two attached hydrogens (primary N) is 1. The second-order valence-electron chi connectivity index (χ2n) is 5.26. The van der Waals surface area contributed by atoms with Crippen LogP contribution in [0.15, 0.2) is 40.9 Å². The Morgan fingerprint density at radius 3 is 2.52 bits per heavy atom. The van der Waals surface area contributed by atoms with Crippen LogP contribution in [0.5, 0.6) is 11.5 Å². The van der Waals surface area contributed by atoms with Gasteiger partial charge in [0.15, 0.2) is 11.5 Å². The van der Waals surface area contributed by atoms with E-state index in [0.717, 1.165) is 33.5 Å². The lowest BCUT2D eigenvalue weighted by atomic mass is 9.98. The average Bonchev–Trinajstić information content (AvgIpc) is 2.70. The molecule has 0 radical (unpaired) electrons. The van der Waals surface area contributed by atoms with Gasteiger partial charge in [0.2, 0.25) is 0 Å².